The van der Waals surface area contributed by atoms with Gasteiger partial charge in [-0.1, -0.05) is 18.2 Å². The minimum atomic E-state index is -4.14. The Morgan fingerprint density at radius 2 is 1.88 bits per heavy atom. The molecule has 1 N–H and O–H groups in total. The first-order valence-corrected chi connectivity index (χ1v) is 5.44. The van der Waals surface area contributed by atoms with E-state index in [4.69, 9.17) is 0 Å². The minimum Gasteiger partial charge on any atom is -0.373 e. The van der Waals surface area contributed by atoms with Crippen molar-refractivity contribution in [1.29, 1.82) is 0 Å². The summed E-state index contributed by atoms with van der Waals surface area (Å²) < 4.78 is 35.7. The fraction of sp³-hybridized carbons (Fsp3) is 0.500. The van der Waals surface area contributed by atoms with Crippen LogP contribution in [0.5, 0.6) is 0 Å². The van der Waals surface area contributed by atoms with Crippen LogP contribution in [-0.4, -0.2) is 32.9 Å². The highest BCUT2D eigenvalue weighted by Crippen LogP contribution is 2.17. The largest absolute Gasteiger partial charge is 0.401 e. The maximum Gasteiger partial charge on any atom is 0.401 e. The first-order valence-electron chi connectivity index (χ1n) is 5.44. The average Bonchev–Trinajstić information content (AvgIpc) is 2.23. The van der Waals surface area contributed by atoms with E-state index in [1.165, 1.54) is 0 Å². The molecule has 0 aromatic heterocycles. The molecule has 1 aromatic carbocycles. The van der Waals surface area contributed by atoms with Gasteiger partial charge in [-0.25, -0.2) is 0 Å². The van der Waals surface area contributed by atoms with E-state index in [0.29, 0.717) is 13.1 Å². The van der Waals surface area contributed by atoms with E-state index < -0.39 is 12.7 Å². The van der Waals surface area contributed by atoms with Crippen molar-refractivity contribution in [2.24, 2.45) is 0 Å². The highest BCUT2D eigenvalue weighted by atomic mass is 19.4. The smallest absolute Gasteiger partial charge is 0.373 e. The maximum absolute atomic E-state index is 11.9. The maximum atomic E-state index is 11.9. The molecule has 0 aliphatic carbocycles. The van der Waals surface area contributed by atoms with E-state index in [1.807, 2.05) is 43.1 Å². The summed E-state index contributed by atoms with van der Waals surface area (Å²) in [6.07, 6.45) is -4.14. The molecule has 96 valence electrons. The molecule has 0 heterocycles. The zero-order valence-corrected chi connectivity index (χ0v) is 10.0. The number of benzene rings is 1. The summed E-state index contributed by atoms with van der Waals surface area (Å²) in [5.41, 5.74) is 2.16. The lowest BCUT2D eigenvalue weighted by Gasteiger charge is -2.21. The van der Waals surface area contributed by atoms with Crippen molar-refractivity contribution in [2.75, 3.05) is 31.6 Å². The van der Waals surface area contributed by atoms with Gasteiger partial charge < -0.3 is 10.2 Å². The molecule has 0 radical (unpaired) electrons. The van der Waals surface area contributed by atoms with Crippen molar-refractivity contribution in [3.63, 3.8) is 0 Å². The van der Waals surface area contributed by atoms with Crippen LogP contribution in [0.25, 0.3) is 0 Å². The van der Waals surface area contributed by atoms with Gasteiger partial charge in [0.15, 0.2) is 0 Å². The van der Waals surface area contributed by atoms with Gasteiger partial charge in [-0.2, -0.15) is 13.2 Å². The molecule has 0 atom stereocenters. The fourth-order valence-corrected chi connectivity index (χ4v) is 1.59. The lowest BCUT2D eigenvalue weighted by Crippen LogP contribution is -2.35. The number of likely N-dealkylation sites (N-methyl/N-ethyl adjacent to an activating group) is 1. The van der Waals surface area contributed by atoms with Crippen molar-refractivity contribution in [3.8, 4) is 0 Å². The summed E-state index contributed by atoms with van der Waals surface area (Å²) >= 11 is 0. The number of alkyl halides is 3. The number of anilines is 1. The van der Waals surface area contributed by atoms with Crippen LogP contribution in [0.4, 0.5) is 18.9 Å². The van der Waals surface area contributed by atoms with E-state index in [1.54, 1.807) is 0 Å². The number of hydrogen-bond acceptors (Lipinski definition) is 2. The molecule has 2 nitrogen and oxygen atoms in total. The minimum absolute atomic E-state index is 0.310. The monoisotopic (exact) mass is 246 g/mol. The third-order valence-electron chi connectivity index (χ3n) is 2.48. The topological polar surface area (TPSA) is 15.3 Å². The van der Waals surface area contributed by atoms with Gasteiger partial charge in [0.25, 0.3) is 0 Å². The van der Waals surface area contributed by atoms with Crippen molar-refractivity contribution >= 4 is 5.69 Å². The van der Waals surface area contributed by atoms with Crippen LogP contribution in [0.3, 0.4) is 0 Å². The summed E-state index contributed by atoms with van der Waals surface area (Å²) in [6.45, 7) is 1.90. The molecule has 0 bridgehead atoms. The standard InChI is InChI=1S/C12H17F3N2/c1-10-5-3-4-6-11(10)17(2)8-7-16-9-12(13,14)15/h3-6,16H,7-9H2,1-2H3. The van der Waals surface area contributed by atoms with Gasteiger partial charge in [0.05, 0.1) is 6.54 Å². The van der Waals surface area contributed by atoms with E-state index in [0.717, 1.165) is 11.3 Å². The Bertz CT molecular complexity index is 350. The van der Waals surface area contributed by atoms with Crippen LogP contribution in [0.2, 0.25) is 0 Å². The van der Waals surface area contributed by atoms with E-state index in [2.05, 4.69) is 5.32 Å². The van der Waals surface area contributed by atoms with Gasteiger partial charge in [-0.05, 0) is 18.6 Å². The van der Waals surface area contributed by atoms with Gasteiger partial charge in [-0.15, -0.1) is 0 Å². The fourth-order valence-electron chi connectivity index (χ4n) is 1.59. The number of para-hydroxylation sites is 1. The molecule has 0 aliphatic heterocycles. The highest BCUT2D eigenvalue weighted by molar-refractivity contribution is 5.52. The lowest BCUT2D eigenvalue weighted by atomic mass is 10.2. The summed E-state index contributed by atoms with van der Waals surface area (Å²) in [7, 11) is 1.87. The SMILES string of the molecule is Cc1ccccc1N(C)CCNCC(F)(F)F. The van der Waals surface area contributed by atoms with Crippen LogP contribution in [0.15, 0.2) is 24.3 Å². The third kappa shape index (κ3) is 5.08. The molecule has 0 spiro atoms. The Morgan fingerprint density at radius 3 is 2.47 bits per heavy atom. The molecular formula is C12H17F3N2. The van der Waals surface area contributed by atoms with E-state index >= 15 is 0 Å². The third-order valence-corrected chi connectivity index (χ3v) is 2.48. The first kappa shape index (κ1) is 13.8. The predicted octanol–water partition coefficient (Wildman–Crippen LogP) is 2.58. The van der Waals surface area contributed by atoms with Gasteiger partial charge in [0.1, 0.15) is 0 Å². The van der Waals surface area contributed by atoms with Crippen molar-refractivity contribution < 1.29 is 13.2 Å². The second-order valence-corrected chi connectivity index (χ2v) is 4.00. The summed E-state index contributed by atoms with van der Waals surface area (Å²) in [5.74, 6) is 0. The normalized spacial score (nSPS) is 11.6. The number of nitrogens with one attached hydrogen (secondary N) is 1. The zero-order valence-electron chi connectivity index (χ0n) is 10.0. The Balaban J connectivity index is 2.36. The van der Waals surface area contributed by atoms with Crippen LogP contribution < -0.4 is 10.2 Å². The number of halogens is 3. The van der Waals surface area contributed by atoms with Crippen LogP contribution in [-0.2, 0) is 0 Å². The Kier molecular flexibility index (Phi) is 4.81. The Labute approximate surface area is 99.4 Å². The lowest BCUT2D eigenvalue weighted by molar-refractivity contribution is -0.124. The molecular weight excluding hydrogens is 229 g/mol. The molecule has 0 saturated carbocycles. The quantitative estimate of drug-likeness (QED) is 0.803. The molecule has 0 unspecified atom stereocenters. The van der Waals surface area contributed by atoms with E-state index in [9.17, 15) is 13.2 Å². The first-order chi connectivity index (χ1) is 7.90. The van der Waals surface area contributed by atoms with Crippen LogP contribution >= 0.6 is 0 Å². The van der Waals surface area contributed by atoms with Gasteiger partial charge >= 0.3 is 6.18 Å². The predicted molar refractivity (Wildman–Crippen MR) is 63.4 cm³/mol. The number of aryl methyl sites for hydroxylation is 1. The highest BCUT2D eigenvalue weighted by Gasteiger charge is 2.25. The molecule has 0 amide bonds. The van der Waals surface area contributed by atoms with Crippen molar-refractivity contribution in [3.05, 3.63) is 29.8 Å². The van der Waals surface area contributed by atoms with Gasteiger partial charge in [0, 0.05) is 25.8 Å². The molecule has 0 fully saturated rings. The number of nitrogens with zero attached hydrogens (tertiary/aromatic N) is 1. The number of rotatable bonds is 5. The summed E-state index contributed by atoms with van der Waals surface area (Å²) in [4.78, 5) is 1.94. The average molecular weight is 246 g/mol. The molecule has 1 rings (SSSR count). The Hall–Kier alpha value is -1.23. The van der Waals surface area contributed by atoms with Crippen LogP contribution in [0.1, 0.15) is 5.56 Å². The summed E-state index contributed by atoms with van der Waals surface area (Å²) in [6, 6.07) is 7.80. The Morgan fingerprint density at radius 1 is 1.24 bits per heavy atom. The molecule has 0 aliphatic rings. The molecule has 5 heteroatoms. The zero-order chi connectivity index (χ0) is 12.9. The second kappa shape index (κ2) is 5.91. The van der Waals surface area contributed by atoms with Gasteiger partial charge in [0.2, 0.25) is 0 Å². The summed E-state index contributed by atoms with van der Waals surface area (Å²) in [5, 5.41) is 2.38. The van der Waals surface area contributed by atoms with Gasteiger partial charge in [-0.3, -0.25) is 0 Å². The van der Waals surface area contributed by atoms with E-state index in [-0.39, 0.29) is 0 Å². The second-order valence-electron chi connectivity index (χ2n) is 4.00. The molecule has 17 heavy (non-hydrogen) atoms. The van der Waals surface area contributed by atoms with Crippen molar-refractivity contribution in [1.82, 2.24) is 5.32 Å². The van der Waals surface area contributed by atoms with Crippen LogP contribution in [0, 0.1) is 6.92 Å². The van der Waals surface area contributed by atoms with Crippen molar-refractivity contribution in [2.45, 2.75) is 13.1 Å². The molecule has 0 saturated heterocycles. The molecule has 1 aromatic rings. The number of hydrogen-bond donors (Lipinski definition) is 1.